The Hall–Kier alpha value is -1.14. The summed E-state index contributed by atoms with van der Waals surface area (Å²) in [4.78, 5) is 24.3. The summed E-state index contributed by atoms with van der Waals surface area (Å²) in [5.41, 5.74) is -0.853. The summed E-state index contributed by atoms with van der Waals surface area (Å²) in [6, 6.07) is -0.680. The fourth-order valence-electron chi connectivity index (χ4n) is 2.19. The van der Waals surface area contributed by atoms with Gasteiger partial charge in [-0.2, -0.15) is 0 Å². The van der Waals surface area contributed by atoms with E-state index in [1.807, 2.05) is 13.8 Å². The smallest absolute Gasteiger partial charge is 0.305 e. The van der Waals surface area contributed by atoms with Gasteiger partial charge in [-0.1, -0.05) is 13.8 Å². The summed E-state index contributed by atoms with van der Waals surface area (Å²) >= 11 is 0. The Morgan fingerprint density at radius 2 is 2.11 bits per heavy atom. The highest BCUT2D eigenvalue weighted by molar-refractivity contribution is 5.86. The molecule has 3 N–H and O–H groups in total. The van der Waals surface area contributed by atoms with Gasteiger partial charge in [-0.05, 0) is 12.8 Å². The lowest BCUT2D eigenvalue weighted by Crippen LogP contribution is -2.59. The average molecular weight is 258 g/mol. The second kappa shape index (κ2) is 6.15. The fraction of sp³-hybridized carbons (Fsp3) is 0.833. The van der Waals surface area contributed by atoms with Gasteiger partial charge < -0.3 is 15.5 Å². The lowest BCUT2D eigenvalue weighted by Gasteiger charge is -2.39. The van der Waals surface area contributed by atoms with Crippen molar-refractivity contribution in [1.82, 2.24) is 10.2 Å². The number of piperazine rings is 1. The van der Waals surface area contributed by atoms with Crippen LogP contribution in [0.1, 0.15) is 33.1 Å². The molecule has 104 valence electrons. The van der Waals surface area contributed by atoms with Gasteiger partial charge in [0, 0.05) is 19.6 Å². The minimum atomic E-state index is -1.00. The Morgan fingerprint density at radius 1 is 1.50 bits per heavy atom. The number of hydrogen-bond donors (Lipinski definition) is 3. The fourth-order valence-corrected chi connectivity index (χ4v) is 2.19. The molecule has 0 spiro atoms. The number of carboxylic acids is 1. The Kier molecular flexibility index (Phi) is 5.10. The molecular weight excluding hydrogens is 236 g/mol. The zero-order valence-corrected chi connectivity index (χ0v) is 11.0. The zero-order chi connectivity index (χ0) is 13.8. The maximum atomic E-state index is 11.7. The molecule has 1 amide bonds. The average Bonchev–Trinajstić information content (AvgIpc) is 2.33. The van der Waals surface area contributed by atoms with Crippen molar-refractivity contribution in [3.63, 3.8) is 0 Å². The number of carboxylic acid groups (broad SMARTS) is 1. The molecule has 6 heteroatoms. The van der Waals surface area contributed by atoms with Gasteiger partial charge in [0.15, 0.2) is 0 Å². The number of rotatable bonds is 6. The second-order valence-electron chi connectivity index (χ2n) is 4.81. The second-order valence-corrected chi connectivity index (χ2v) is 4.81. The van der Waals surface area contributed by atoms with E-state index < -0.39 is 17.6 Å². The summed E-state index contributed by atoms with van der Waals surface area (Å²) in [6.07, 6.45) is 0.943. The van der Waals surface area contributed by atoms with Crippen molar-refractivity contribution in [2.75, 3.05) is 19.6 Å². The van der Waals surface area contributed by atoms with Crippen molar-refractivity contribution < 1.29 is 19.8 Å². The minimum Gasteiger partial charge on any atom is -0.481 e. The van der Waals surface area contributed by atoms with Crippen LogP contribution in [0.15, 0.2) is 0 Å². The van der Waals surface area contributed by atoms with E-state index in [4.69, 9.17) is 5.11 Å². The molecule has 0 bridgehead atoms. The van der Waals surface area contributed by atoms with E-state index in [2.05, 4.69) is 5.32 Å². The highest BCUT2D eigenvalue weighted by atomic mass is 16.4. The molecule has 0 aromatic carbocycles. The zero-order valence-electron chi connectivity index (χ0n) is 11.0. The van der Waals surface area contributed by atoms with E-state index >= 15 is 0 Å². The monoisotopic (exact) mass is 258 g/mol. The van der Waals surface area contributed by atoms with E-state index in [0.29, 0.717) is 32.5 Å². The van der Waals surface area contributed by atoms with Crippen LogP contribution in [0.3, 0.4) is 0 Å². The molecule has 1 unspecified atom stereocenters. The summed E-state index contributed by atoms with van der Waals surface area (Å²) < 4.78 is 0. The van der Waals surface area contributed by atoms with Crippen molar-refractivity contribution in [3.8, 4) is 0 Å². The molecule has 0 aromatic rings. The molecule has 18 heavy (non-hydrogen) atoms. The van der Waals surface area contributed by atoms with Crippen LogP contribution in [0.4, 0.5) is 0 Å². The highest BCUT2D eigenvalue weighted by Gasteiger charge is 2.36. The number of amides is 1. The van der Waals surface area contributed by atoms with Crippen molar-refractivity contribution >= 4 is 11.9 Å². The third-order valence-electron chi connectivity index (χ3n) is 3.62. The third kappa shape index (κ3) is 3.68. The van der Waals surface area contributed by atoms with Crippen molar-refractivity contribution in [2.45, 2.75) is 44.8 Å². The van der Waals surface area contributed by atoms with Gasteiger partial charge in [-0.25, -0.2) is 0 Å². The number of nitrogens with one attached hydrogen (secondary N) is 1. The summed E-state index contributed by atoms with van der Waals surface area (Å²) in [7, 11) is 0. The molecule has 0 saturated carbocycles. The van der Waals surface area contributed by atoms with E-state index in [1.165, 1.54) is 0 Å². The Labute approximate surface area is 107 Å². The molecule has 1 heterocycles. The molecular formula is C12H22N2O4. The van der Waals surface area contributed by atoms with Crippen LogP contribution in [0.2, 0.25) is 0 Å². The first-order valence-electron chi connectivity index (χ1n) is 6.38. The molecule has 1 atom stereocenters. The Morgan fingerprint density at radius 3 is 2.61 bits per heavy atom. The highest BCUT2D eigenvalue weighted by Crippen LogP contribution is 2.20. The van der Waals surface area contributed by atoms with Crippen LogP contribution >= 0.6 is 0 Å². The number of nitrogens with zero attached hydrogens (tertiary/aromatic N) is 1. The topological polar surface area (TPSA) is 89.9 Å². The summed E-state index contributed by atoms with van der Waals surface area (Å²) in [5, 5.41) is 21.8. The molecule has 1 aliphatic heterocycles. The molecule has 1 rings (SSSR count). The van der Waals surface area contributed by atoms with Crippen LogP contribution in [0.25, 0.3) is 0 Å². The standard InChI is InChI=1S/C12H22N2O4/c1-3-12(18,4-2)8-14-6-5-13-11(17)9(14)7-10(15)16/h9,18H,3-8H2,1-2H3,(H,13,17)(H,15,16). The molecule has 1 aliphatic rings. The number of aliphatic carboxylic acids is 1. The first kappa shape index (κ1) is 14.9. The SMILES string of the molecule is CCC(O)(CC)CN1CCNC(=O)C1CC(=O)O. The molecule has 0 aliphatic carbocycles. The van der Waals surface area contributed by atoms with Gasteiger partial charge in [0.25, 0.3) is 0 Å². The largest absolute Gasteiger partial charge is 0.481 e. The van der Waals surface area contributed by atoms with Crippen molar-refractivity contribution in [1.29, 1.82) is 0 Å². The number of carbonyl (C=O) groups is 2. The van der Waals surface area contributed by atoms with Crippen LogP contribution < -0.4 is 5.32 Å². The van der Waals surface area contributed by atoms with Crippen LogP contribution in [0.5, 0.6) is 0 Å². The van der Waals surface area contributed by atoms with Crippen molar-refractivity contribution in [3.05, 3.63) is 0 Å². The quantitative estimate of drug-likeness (QED) is 0.614. The number of hydrogen-bond acceptors (Lipinski definition) is 4. The van der Waals surface area contributed by atoms with E-state index in [0.717, 1.165) is 0 Å². The molecule has 0 radical (unpaired) electrons. The summed E-state index contributed by atoms with van der Waals surface area (Å²) in [6.45, 7) is 5.19. The Bertz CT molecular complexity index is 315. The van der Waals surface area contributed by atoms with Gasteiger partial charge in [-0.3, -0.25) is 14.5 Å². The third-order valence-corrected chi connectivity index (χ3v) is 3.62. The van der Waals surface area contributed by atoms with Crippen LogP contribution in [0, 0.1) is 0 Å². The maximum absolute atomic E-state index is 11.7. The normalized spacial score (nSPS) is 21.7. The van der Waals surface area contributed by atoms with Crippen LogP contribution in [-0.2, 0) is 9.59 Å². The van der Waals surface area contributed by atoms with Gasteiger partial charge in [0.1, 0.15) is 0 Å². The minimum absolute atomic E-state index is 0.227. The molecule has 1 saturated heterocycles. The molecule has 6 nitrogen and oxygen atoms in total. The number of carbonyl (C=O) groups excluding carboxylic acids is 1. The molecule has 0 aromatic heterocycles. The van der Waals surface area contributed by atoms with Gasteiger partial charge in [-0.15, -0.1) is 0 Å². The number of β-amino-alcohol motifs (C(OH)–C–C–N with tert-alkyl or cyclic N) is 1. The summed E-state index contributed by atoms with van der Waals surface area (Å²) in [5.74, 6) is -1.27. The van der Waals surface area contributed by atoms with Crippen LogP contribution in [-0.4, -0.2) is 58.3 Å². The predicted molar refractivity (Wildman–Crippen MR) is 66.2 cm³/mol. The predicted octanol–water partition coefficient (Wildman–Crippen LogP) is -0.187. The number of aliphatic hydroxyl groups is 1. The lowest BCUT2D eigenvalue weighted by molar-refractivity contribution is -0.144. The van der Waals surface area contributed by atoms with E-state index in [9.17, 15) is 14.7 Å². The van der Waals surface area contributed by atoms with E-state index in [1.54, 1.807) is 4.90 Å². The maximum Gasteiger partial charge on any atom is 0.305 e. The van der Waals surface area contributed by atoms with Gasteiger partial charge >= 0.3 is 5.97 Å². The first-order chi connectivity index (χ1) is 8.41. The molecule has 1 fully saturated rings. The Balaban J connectivity index is 2.76. The van der Waals surface area contributed by atoms with Crippen molar-refractivity contribution in [2.24, 2.45) is 0 Å². The van der Waals surface area contributed by atoms with Gasteiger partial charge in [0.2, 0.25) is 5.91 Å². The van der Waals surface area contributed by atoms with E-state index in [-0.39, 0.29) is 12.3 Å². The first-order valence-corrected chi connectivity index (χ1v) is 6.38. The lowest BCUT2D eigenvalue weighted by atomic mass is 9.95. The van der Waals surface area contributed by atoms with Gasteiger partial charge in [0.05, 0.1) is 18.1 Å².